The fourth-order valence-electron chi connectivity index (χ4n) is 3.11. The zero-order chi connectivity index (χ0) is 13.2. The van der Waals surface area contributed by atoms with E-state index in [2.05, 4.69) is 4.98 Å². The molecule has 1 aromatic heterocycles. The second kappa shape index (κ2) is 5.21. The number of aliphatic hydroxyl groups excluding tert-OH is 1. The molecule has 0 unspecified atom stereocenters. The Hall–Kier alpha value is -1.55. The molecular formula is C15H20N2O2. The Morgan fingerprint density at radius 2 is 2.05 bits per heavy atom. The molecule has 1 heterocycles. The third kappa shape index (κ3) is 2.45. The molecule has 1 saturated carbocycles. The van der Waals surface area contributed by atoms with Gasteiger partial charge in [0.25, 0.3) is 0 Å². The van der Waals surface area contributed by atoms with E-state index in [1.165, 1.54) is 32.1 Å². The SMILES string of the molecule is O=c1[nH]c2ccc(CO)cc2n1CC1CCCCC1. The summed E-state index contributed by atoms with van der Waals surface area (Å²) in [4.78, 5) is 15.0. The van der Waals surface area contributed by atoms with Crippen LogP contribution in [0.1, 0.15) is 37.7 Å². The predicted octanol–water partition coefficient (Wildman–Crippen LogP) is 2.40. The first kappa shape index (κ1) is 12.5. The summed E-state index contributed by atoms with van der Waals surface area (Å²) in [6.07, 6.45) is 6.33. The molecule has 0 atom stereocenters. The first-order valence-electron chi connectivity index (χ1n) is 7.10. The molecule has 1 aliphatic carbocycles. The lowest BCUT2D eigenvalue weighted by molar-refractivity contribution is 0.282. The Kier molecular flexibility index (Phi) is 3.42. The summed E-state index contributed by atoms with van der Waals surface area (Å²) in [5.41, 5.74) is 2.60. The lowest BCUT2D eigenvalue weighted by Crippen LogP contribution is -2.23. The van der Waals surface area contributed by atoms with E-state index >= 15 is 0 Å². The number of hydrogen-bond acceptors (Lipinski definition) is 2. The van der Waals surface area contributed by atoms with Crippen molar-refractivity contribution in [2.45, 2.75) is 45.3 Å². The van der Waals surface area contributed by atoms with Crippen LogP contribution in [0.5, 0.6) is 0 Å². The quantitative estimate of drug-likeness (QED) is 0.890. The summed E-state index contributed by atoms with van der Waals surface area (Å²) < 4.78 is 1.84. The van der Waals surface area contributed by atoms with Crippen LogP contribution >= 0.6 is 0 Å². The van der Waals surface area contributed by atoms with Gasteiger partial charge in [-0.2, -0.15) is 0 Å². The number of H-pyrrole nitrogens is 1. The summed E-state index contributed by atoms with van der Waals surface area (Å²) >= 11 is 0. The smallest absolute Gasteiger partial charge is 0.326 e. The van der Waals surface area contributed by atoms with Gasteiger partial charge in [-0.3, -0.25) is 4.57 Å². The van der Waals surface area contributed by atoms with E-state index in [0.717, 1.165) is 23.1 Å². The van der Waals surface area contributed by atoms with E-state index in [4.69, 9.17) is 0 Å². The first-order chi connectivity index (χ1) is 9.28. The third-order valence-corrected chi connectivity index (χ3v) is 4.19. The van der Waals surface area contributed by atoms with Crippen molar-refractivity contribution in [3.05, 3.63) is 34.2 Å². The number of fused-ring (bicyclic) bond motifs is 1. The second-order valence-electron chi connectivity index (χ2n) is 5.55. The lowest BCUT2D eigenvalue weighted by Gasteiger charge is -2.21. The van der Waals surface area contributed by atoms with Gasteiger partial charge < -0.3 is 10.1 Å². The van der Waals surface area contributed by atoms with E-state index < -0.39 is 0 Å². The predicted molar refractivity (Wildman–Crippen MR) is 75.1 cm³/mol. The van der Waals surface area contributed by atoms with E-state index in [0.29, 0.717) is 5.92 Å². The van der Waals surface area contributed by atoms with Gasteiger partial charge in [-0.25, -0.2) is 4.79 Å². The van der Waals surface area contributed by atoms with Crippen molar-refractivity contribution in [1.82, 2.24) is 9.55 Å². The topological polar surface area (TPSA) is 58.0 Å². The van der Waals surface area contributed by atoms with Crippen LogP contribution in [0.15, 0.2) is 23.0 Å². The monoisotopic (exact) mass is 260 g/mol. The molecular weight excluding hydrogens is 240 g/mol. The fraction of sp³-hybridized carbons (Fsp3) is 0.533. The molecule has 4 heteroatoms. The summed E-state index contributed by atoms with van der Waals surface area (Å²) in [7, 11) is 0. The number of nitrogens with zero attached hydrogens (tertiary/aromatic N) is 1. The van der Waals surface area contributed by atoms with Gasteiger partial charge in [0.2, 0.25) is 0 Å². The van der Waals surface area contributed by atoms with Gasteiger partial charge in [0.05, 0.1) is 17.6 Å². The highest BCUT2D eigenvalue weighted by Gasteiger charge is 2.16. The Balaban J connectivity index is 1.96. The molecule has 19 heavy (non-hydrogen) atoms. The van der Waals surface area contributed by atoms with Crippen LogP contribution < -0.4 is 5.69 Å². The van der Waals surface area contributed by atoms with Gasteiger partial charge >= 0.3 is 5.69 Å². The molecule has 1 aliphatic rings. The van der Waals surface area contributed by atoms with Crippen LogP contribution in [0.4, 0.5) is 0 Å². The molecule has 1 aromatic carbocycles. The Morgan fingerprint density at radius 3 is 2.79 bits per heavy atom. The molecule has 0 spiro atoms. The van der Waals surface area contributed by atoms with Crippen molar-refractivity contribution in [1.29, 1.82) is 0 Å². The molecule has 1 fully saturated rings. The van der Waals surface area contributed by atoms with Crippen molar-refractivity contribution in [2.24, 2.45) is 5.92 Å². The minimum absolute atomic E-state index is 0.0126. The average Bonchev–Trinajstić information content (AvgIpc) is 2.76. The molecule has 0 radical (unpaired) electrons. The number of aromatic nitrogens is 2. The van der Waals surface area contributed by atoms with E-state index in [1.54, 1.807) is 0 Å². The van der Waals surface area contributed by atoms with Gasteiger partial charge in [-0.1, -0.05) is 25.3 Å². The molecule has 2 N–H and O–H groups in total. The summed E-state index contributed by atoms with van der Waals surface area (Å²) in [5.74, 6) is 0.614. The molecule has 0 saturated heterocycles. The number of nitrogens with one attached hydrogen (secondary N) is 1. The number of hydrogen-bond donors (Lipinski definition) is 2. The molecule has 102 valence electrons. The summed E-state index contributed by atoms with van der Waals surface area (Å²) in [5, 5.41) is 9.22. The standard InChI is InChI=1S/C15H20N2O2/c18-10-12-6-7-13-14(8-12)17(15(19)16-13)9-11-4-2-1-3-5-11/h6-8,11,18H,1-5,9-10H2,(H,16,19). The van der Waals surface area contributed by atoms with Crippen molar-refractivity contribution in [2.75, 3.05) is 0 Å². The highest BCUT2D eigenvalue weighted by atomic mass is 16.3. The van der Waals surface area contributed by atoms with Gasteiger partial charge in [0, 0.05) is 6.54 Å². The lowest BCUT2D eigenvalue weighted by atomic mass is 9.89. The Labute approximate surface area is 112 Å². The van der Waals surface area contributed by atoms with Crippen LogP contribution in [0.25, 0.3) is 11.0 Å². The zero-order valence-electron chi connectivity index (χ0n) is 11.1. The van der Waals surface area contributed by atoms with Crippen LogP contribution in [-0.4, -0.2) is 14.7 Å². The molecule has 0 aliphatic heterocycles. The minimum Gasteiger partial charge on any atom is -0.392 e. The number of benzene rings is 1. The highest BCUT2D eigenvalue weighted by Crippen LogP contribution is 2.25. The maximum atomic E-state index is 12.1. The van der Waals surface area contributed by atoms with Crippen LogP contribution in [0, 0.1) is 5.92 Å². The van der Waals surface area contributed by atoms with E-state index in [9.17, 15) is 9.90 Å². The number of rotatable bonds is 3. The second-order valence-corrected chi connectivity index (χ2v) is 5.55. The van der Waals surface area contributed by atoms with Crippen LogP contribution in [-0.2, 0) is 13.2 Å². The van der Waals surface area contributed by atoms with Crippen LogP contribution in [0.2, 0.25) is 0 Å². The zero-order valence-corrected chi connectivity index (χ0v) is 11.1. The number of aromatic amines is 1. The van der Waals surface area contributed by atoms with Gasteiger partial charge in [0.1, 0.15) is 0 Å². The van der Waals surface area contributed by atoms with Crippen molar-refractivity contribution in [3.8, 4) is 0 Å². The molecule has 0 amide bonds. The Morgan fingerprint density at radius 1 is 1.26 bits per heavy atom. The molecule has 0 bridgehead atoms. The molecule has 2 aromatic rings. The van der Waals surface area contributed by atoms with Crippen molar-refractivity contribution in [3.63, 3.8) is 0 Å². The van der Waals surface area contributed by atoms with Gasteiger partial charge in [0.15, 0.2) is 0 Å². The number of aliphatic hydroxyl groups is 1. The van der Waals surface area contributed by atoms with Gasteiger partial charge in [-0.05, 0) is 36.5 Å². The maximum absolute atomic E-state index is 12.1. The fourth-order valence-corrected chi connectivity index (χ4v) is 3.11. The maximum Gasteiger partial charge on any atom is 0.326 e. The first-order valence-corrected chi connectivity index (χ1v) is 7.10. The van der Waals surface area contributed by atoms with E-state index in [-0.39, 0.29) is 12.3 Å². The van der Waals surface area contributed by atoms with Gasteiger partial charge in [-0.15, -0.1) is 0 Å². The third-order valence-electron chi connectivity index (χ3n) is 4.19. The van der Waals surface area contributed by atoms with Crippen molar-refractivity contribution >= 4 is 11.0 Å². The molecule has 3 rings (SSSR count). The normalized spacial score (nSPS) is 17.1. The summed E-state index contributed by atoms with van der Waals surface area (Å²) in [6, 6.07) is 5.64. The average molecular weight is 260 g/mol. The summed E-state index contributed by atoms with van der Waals surface area (Å²) in [6.45, 7) is 0.812. The van der Waals surface area contributed by atoms with Crippen molar-refractivity contribution < 1.29 is 5.11 Å². The minimum atomic E-state index is -0.0318. The van der Waals surface area contributed by atoms with Crippen LogP contribution in [0.3, 0.4) is 0 Å². The van der Waals surface area contributed by atoms with E-state index in [1.807, 2.05) is 22.8 Å². The number of imidazole rings is 1. The molecule has 4 nitrogen and oxygen atoms in total. The largest absolute Gasteiger partial charge is 0.392 e. The highest BCUT2D eigenvalue weighted by molar-refractivity contribution is 5.76. The Bertz CT molecular complexity index is 621.